The first-order chi connectivity index (χ1) is 10.2. The highest BCUT2D eigenvalue weighted by Gasteiger charge is 2.06. The van der Waals surface area contributed by atoms with E-state index in [0.717, 1.165) is 17.9 Å². The summed E-state index contributed by atoms with van der Waals surface area (Å²) in [5, 5.41) is 14.8. The molecule has 0 radical (unpaired) electrons. The van der Waals surface area contributed by atoms with Crippen molar-refractivity contribution in [2.45, 2.75) is 20.4 Å². The van der Waals surface area contributed by atoms with Crippen molar-refractivity contribution in [1.82, 2.24) is 20.2 Å². The Balaban J connectivity index is 1.84. The zero-order valence-electron chi connectivity index (χ0n) is 12.1. The maximum atomic E-state index is 3.95. The van der Waals surface area contributed by atoms with Crippen molar-refractivity contribution in [2.24, 2.45) is 0 Å². The fraction of sp³-hybridized carbons (Fsp3) is 0.188. The van der Waals surface area contributed by atoms with E-state index in [1.807, 2.05) is 24.3 Å². The SMILES string of the molecule is Cc1ccc(C)c(CNc2ccccc2-n2cnnn2)c1. The van der Waals surface area contributed by atoms with Gasteiger partial charge in [-0.15, -0.1) is 5.10 Å². The van der Waals surface area contributed by atoms with E-state index in [2.05, 4.69) is 52.9 Å². The molecular formula is C16H17N5. The minimum atomic E-state index is 0.770. The van der Waals surface area contributed by atoms with Crippen LogP contribution in [0.1, 0.15) is 16.7 Å². The van der Waals surface area contributed by atoms with Crippen LogP contribution in [0, 0.1) is 13.8 Å². The molecule has 1 aromatic heterocycles. The van der Waals surface area contributed by atoms with E-state index in [1.54, 1.807) is 11.0 Å². The summed E-state index contributed by atoms with van der Waals surface area (Å²) in [6.45, 7) is 5.01. The average molecular weight is 279 g/mol. The lowest BCUT2D eigenvalue weighted by atomic mass is 10.1. The van der Waals surface area contributed by atoms with Crippen LogP contribution in [-0.4, -0.2) is 20.2 Å². The summed E-state index contributed by atoms with van der Waals surface area (Å²) < 4.78 is 1.66. The second kappa shape index (κ2) is 5.75. The Morgan fingerprint density at radius 1 is 1.10 bits per heavy atom. The molecule has 0 spiro atoms. The van der Waals surface area contributed by atoms with E-state index in [9.17, 15) is 0 Å². The molecule has 3 rings (SSSR count). The van der Waals surface area contributed by atoms with Gasteiger partial charge in [-0.1, -0.05) is 35.9 Å². The number of anilines is 1. The highest BCUT2D eigenvalue weighted by atomic mass is 15.5. The molecule has 5 heteroatoms. The molecule has 1 N–H and O–H groups in total. The van der Waals surface area contributed by atoms with Crippen molar-refractivity contribution in [3.8, 4) is 5.69 Å². The molecule has 0 unspecified atom stereocenters. The van der Waals surface area contributed by atoms with Crippen LogP contribution in [0.15, 0.2) is 48.8 Å². The van der Waals surface area contributed by atoms with Crippen molar-refractivity contribution in [3.63, 3.8) is 0 Å². The Morgan fingerprint density at radius 3 is 2.76 bits per heavy atom. The predicted octanol–water partition coefficient (Wildman–Crippen LogP) is 2.89. The van der Waals surface area contributed by atoms with Crippen molar-refractivity contribution in [3.05, 3.63) is 65.5 Å². The summed E-state index contributed by atoms with van der Waals surface area (Å²) in [4.78, 5) is 0. The van der Waals surface area contributed by atoms with Crippen LogP contribution in [0.5, 0.6) is 0 Å². The molecule has 5 nitrogen and oxygen atoms in total. The van der Waals surface area contributed by atoms with Crippen LogP contribution >= 0.6 is 0 Å². The standard InChI is InChI=1S/C16H17N5/c1-12-7-8-13(2)14(9-12)10-17-15-5-3-4-6-16(15)21-11-18-19-20-21/h3-9,11,17H,10H2,1-2H3. The Morgan fingerprint density at radius 2 is 1.95 bits per heavy atom. The molecule has 0 fully saturated rings. The number of aromatic nitrogens is 4. The van der Waals surface area contributed by atoms with Gasteiger partial charge in [0.15, 0.2) is 0 Å². The zero-order chi connectivity index (χ0) is 14.7. The Hall–Kier alpha value is -2.69. The molecule has 0 amide bonds. The van der Waals surface area contributed by atoms with Gasteiger partial charge in [-0.05, 0) is 47.5 Å². The van der Waals surface area contributed by atoms with Gasteiger partial charge in [0.2, 0.25) is 0 Å². The van der Waals surface area contributed by atoms with Gasteiger partial charge in [-0.25, -0.2) is 0 Å². The van der Waals surface area contributed by atoms with E-state index in [1.165, 1.54) is 16.7 Å². The highest BCUT2D eigenvalue weighted by molar-refractivity contribution is 5.60. The van der Waals surface area contributed by atoms with E-state index in [4.69, 9.17) is 0 Å². The monoisotopic (exact) mass is 279 g/mol. The van der Waals surface area contributed by atoms with Gasteiger partial charge in [-0.3, -0.25) is 0 Å². The molecule has 0 saturated heterocycles. The third-order valence-corrected chi connectivity index (χ3v) is 3.47. The molecule has 0 bridgehead atoms. The van der Waals surface area contributed by atoms with Crippen LogP contribution in [0.25, 0.3) is 5.69 Å². The fourth-order valence-electron chi connectivity index (χ4n) is 2.28. The largest absolute Gasteiger partial charge is 0.379 e. The normalized spacial score (nSPS) is 10.6. The third-order valence-electron chi connectivity index (χ3n) is 3.47. The average Bonchev–Trinajstić information content (AvgIpc) is 3.03. The first-order valence-corrected chi connectivity index (χ1v) is 6.86. The smallest absolute Gasteiger partial charge is 0.143 e. The quantitative estimate of drug-likeness (QED) is 0.798. The molecule has 0 saturated carbocycles. The maximum Gasteiger partial charge on any atom is 0.143 e. The number of tetrazole rings is 1. The predicted molar refractivity (Wildman–Crippen MR) is 82.4 cm³/mol. The van der Waals surface area contributed by atoms with Gasteiger partial charge < -0.3 is 5.32 Å². The van der Waals surface area contributed by atoms with Crippen molar-refractivity contribution in [1.29, 1.82) is 0 Å². The van der Waals surface area contributed by atoms with Crippen molar-refractivity contribution >= 4 is 5.69 Å². The minimum Gasteiger partial charge on any atom is -0.379 e. The molecule has 106 valence electrons. The molecule has 0 aliphatic carbocycles. The number of nitrogens with one attached hydrogen (secondary N) is 1. The second-order valence-electron chi connectivity index (χ2n) is 5.06. The van der Waals surface area contributed by atoms with Gasteiger partial charge in [-0.2, -0.15) is 4.68 Å². The summed E-state index contributed by atoms with van der Waals surface area (Å²) in [6.07, 6.45) is 1.60. The summed E-state index contributed by atoms with van der Waals surface area (Å²) >= 11 is 0. The second-order valence-corrected chi connectivity index (χ2v) is 5.06. The molecule has 0 aliphatic rings. The minimum absolute atomic E-state index is 0.770. The number of benzene rings is 2. The molecule has 0 atom stereocenters. The lowest BCUT2D eigenvalue weighted by Crippen LogP contribution is -2.06. The van der Waals surface area contributed by atoms with E-state index in [0.29, 0.717) is 0 Å². The van der Waals surface area contributed by atoms with Crippen LogP contribution in [-0.2, 0) is 6.54 Å². The lowest BCUT2D eigenvalue weighted by molar-refractivity contribution is 0.789. The van der Waals surface area contributed by atoms with Crippen LogP contribution < -0.4 is 5.32 Å². The summed E-state index contributed by atoms with van der Waals surface area (Å²) in [6, 6.07) is 14.5. The van der Waals surface area contributed by atoms with Gasteiger partial charge in [0.1, 0.15) is 6.33 Å². The van der Waals surface area contributed by atoms with Gasteiger partial charge >= 0.3 is 0 Å². The zero-order valence-corrected chi connectivity index (χ0v) is 12.1. The Labute approximate surface area is 123 Å². The van der Waals surface area contributed by atoms with E-state index in [-0.39, 0.29) is 0 Å². The summed E-state index contributed by atoms with van der Waals surface area (Å²) in [5.41, 5.74) is 5.79. The van der Waals surface area contributed by atoms with E-state index >= 15 is 0 Å². The number of rotatable bonds is 4. The van der Waals surface area contributed by atoms with Gasteiger partial charge in [0.05, 0.1) is 11.4 Å². The van der Waals surface area contributed by atoms with Crippen molar-refractivity contribution < 1.29 is 0 Å². The first-order valence-electron chi connectivity index (χ1n) is 6.86. The number of hydrogen-bond donors (Lipinski definition) is 1. The van der Waals surface area contributed by atoms with Gasteiger partial charge in [0.25, 0.3) is 0 Å². The molecule has 0 aliphatic heterocycles. The topological polar surface area (TPSA) is 55.6 Å². The molecular weight excluding hydrogens is 262 g/mol. The molecule has 1 heterocycles. The van der Waals surface area contributed by atoms with Crippen molar-refractivity contribution in [2.75, 3.05) is 5.32 Å². The number of nitrogens with zero attached hydrogens (tertiary/aromatic N) is 4. The number of para-hydroxylation sites is 2. The fourth-order valence-corrected chi connectivity index (χ4v) is 2.28. The number of aryl methyl sites for hydroxylation is 2. The molecule has 21 heavy (non-hydrogen) atoms. The third kappa shape index (κ3) is 2.91. The summed E-state index contributed by atoms with van der Waals surface area (Å²) in [5.74, 6) is 0. The Bertz CT molecular complexity index is 734. The molecule has 2 aromatic carbocycles. The highest BCUT2D eigenvalue weighted by Crippen LogP contribution is 2.20. The van der Waals surface area contributed by atoms with Gasteiger partial charge in [0, 0.05) is 6.54 Å². The Kier molecular flexibility index (Phi) is 3.64. The lowest BCUT2D eigenvalue weighted by Gasteiger charge is -2.13. The van der Waals surface area contributed by atoms with E-state index < -0.39 is 0 Å². The van der Waals surface area contributed by atoms with Crippen LogP contribution in [0.3, 0.4) is 0 Å². The van der Waals surface area contributed by atoms with Crippen LogP contribution in [0.4, 0.5) is 5.69 Å². The first kappa shape index (κ1) is 13.3. The maximum absolute atomic E-state index is 3.95. The summed E-state index contributed by atoms with van der Waals surface area (Å²) in [7, 11) is 0. The van der Waals surface area contributed by atoms with Crippen LogP contribution in [0.2, 0.25) is 0 Å². The molecule has 3 aromatic rings. The number of hydrogen-bond acceptors (Lipinski definition) is 4.